The van der Waals surface area contributed by atoms with Crippen molar-refractivity contribution >= 4 is 29.9 Å². The van der Waals surface area contributed by atoms with Crippen molar-refractivity contribution in [2.45, 2.75) is 51.2 Å². The molecule has 1 aromatic rings. The summed E-state index contributed by atoms with van der Waals surface area (Å²) in [7, 11) is 0. The quantitative estimate of drug-likeness (QED) is 0.103. The van der Waals surface area contributed by atoms with Crippen LogP contribution in [-0.4, -0.2) is 88.6 Å². The van der Waals surface area contributed by atoms with E-state index in [-0.39, 0.29) is 39.1 Å². The molecule has 14 heteroatoms. The van der Waals surface area contributed by atoms with Crippen molar-refractivity contribution in [3.8, 4) is 0 Å². The van der Waals surface area contributed by atoms with Crippen LogP contribution >= 0.6 is 0 Å². The Balaban J connectivity index is 1.16. The highest BCUT2D eigenvalue weighted by Crippen LogP contribution is 2.52. The zero-order valence-electron chi connectivity index (χ0n) is 26.2. The molecule has 1 aromatic carbocycles. The van der Waals surface area contributed by atoms with Crippen LogP contribution in [0.5, 0.6) is 0 Å². The number of nitrogens with one attached hydrogen (secondary N) is 4. The number of carbonyl (C=O) groups is 5. The first-order chi connectivity index (χ1) is 22.3. The lowest BCUT2D eigenvalue weighted by Gasteiger charge is -2.18. The van der Waals surface area contributed by atoms with E-state index in [1.807, 2.05) is 6.07 Å². The van der Waals surface area contributed by atoms with E-state index in [0.717, 1.165) is 18.4 Å². The molecule has 0 radical (unpaired) electrons. The summed E-state index contributed by atoms with van der Waals surface area (Å²) in [5.41, 5.74) is 5.95. The van der Waals surface area contributed by atoms with Gasteiger partial charge in [0.2, 0.25) is 17.7 Å². The smallest absolute Gasteiger partial charge is 0.408 e. The zero-order chi connectivity index (χ0) is 33.0. The van der Waals surface area contributed by atoms with Crippen LogP contribution in [-0.2, 0) is 39.9 Å². The van der Waals surface area contributed by atoms with Crippen molar-refractivity contribution < 1.29 is 42.9 Å². The average molecular weight is 646 g/mol. The molecule has 2 unspecified atom stereocenters. The lowest BCUT2D eigenvalue weighted by molar-refractivity contribution is -0.127. The summed E-state index contributed by atoms with van der Waals surface area (Å²) >= 11 is 0. The molecule has 5 amide bonds. The second kappa shape index (κ2) is 20.8. The van der Waals surface area contributed by atoms with Gasteiger partial charge in [-0.2, -0.15) is 0 Å². The maximum Gasteiger partial charge on any atom is 0.408 e. The Morgan fingerprint density at radius 1 is 0.804 bits per heavy atom. The van der Waals surface area contributed by atoms with Crippen LogP contribution in [0, 0.1) is 17.8 Å². The molecule has 0 aliphatic heterocycles. The van der Waals surface area contributed by atoms with Crippen LogP contribution in [0.4, 0.5) is 9.59 Å². The van der Waals surface area contributed by atoms with Gasteiger partial charge in [-0.05, 0) is 55.4 Å². The van der Waals surface area contributed by atoms with E-state index >= 15 is 0 Å². The zero-order valence-corrected chi connectivity index (χ0v) is 26.2. The van der Waals surface area contributed by atoms with Crippen molar-refractivity contribution in [3.63, 3.8) is 0 Å². The van der Waals surface area contributed by atoms with Gasteiger partial charge in [0.1, 0.15) is 12.6 Å². The van der Waals surface area contributed by atoms with Gasteiger partial charge >= 0.3 is 12.2 Å². The fourth-order valence-electron chi connectivity index (χ4n) is 5.29. The first-order valence-corrected chi connectivity index (χ1v) is 15.8. The fraction of sp³-hybridized carbons (Fsp3) is 0.594. The molecule has 2 aliphatic carbocycles. The van der Waals surface area contributed by atoms with Gasteiger partial charge in [-0.15, -0.1) is 0 Å². The molecule has 0 saturated heterocycles. The van der Waals surface area contributed by atoms with Gasteiger partial charge in [0.15, 0.2) is 0 Å². The van der Waals surface area contributed by atoms with Crippen molar-refractivity contribution in [2.75, 3.05) is 52.7 Å². The minimum Gasteiger partial charge on any atom is -0.449 e. The minimum absolute atomic E-state index is 0.000592. The summed E-state index contributed by atoms with van der Waals surface area (Å²) in [4.78, 5) is 60.0. The van der Waals surface area contributed by atoms with E-state index in [2.05, 4.69) is 33.4 Å². The number of amides is 5. The number of rotatable bonds is 20. The van der Waals surface area contributed by atoms with Crippen molar-refractivity contribution in [2.24, 2.45) is 23.5 Å². The van der Waals surface area contributed by atoms with Crippen molar-refractivity contribution in [1.29, 1.82) is 0 Å². The van der Waals surface area contributed by atoms with E-state index in [0.29, 0.717) is 50.7 Å². The number of carbonyl (C=O) groups excluding carboxylic acids is 5. The summed E-state index contributed by atoms with van der Waals surface area (Å²) in [6.45, 7) is 1.81. The third-order valence-corrected chi connectivity index (χ3v) is 7.80. The number of benzene rings is 1. The Morgan fingerprint density at radius 2 is 1.46 bits per heavy atom. The van der Waals surface area contributed by atoms with Crippen LogP contribution in [0.3, 0.4) is 0 Å². The van der Waals surface area contributed by atoms with Gasteiger partial charge in [0.25, 0.3) is 0 Å². The molecule has 46 heavy (non-hydrogen) atoms. The average Bonchev–Trinajstić information content (AvgIpc) is 3.69. The lowest BCUT2D eigenvalue weighted by Crippen LogP contribution is -2.49. The molecule has 3 rings (SSSR count). The summed E-state index contributed by atoms with van der Waals surface area (Å²) in [5.74, 6) is 0.0893. The van der Waals surface area contributed by atoms with Crippen LogP contribution in [0.1, 0.15) is 44.1 Å². The predicted molar refractivity (Wildman–Crippen MR) is 167 cm³/mol. The molecule has 2 aliphatic rings. The predicted octanol–water partition coefficient (Wildman–Crippen LogP) is 1.53. The van der Waals surface area contributed by atoms with Gasteiger partial charge in [-0.25, -0.2) is 9.59 Å². The summed E-state index contributed by atoms with van der Waals surface area (Å²) in [5, 5.41) is 10.1. The number of hydrogen-bond donors (Lipinski definition) is 5. The fourth-order valence-corrected chi connectivity index (χ4v) is 5.29. The van der Waals surface area contributed by atoms with Crippen molar-refractivity contribution in [3.05, 3.63) is 48.0 Å². The Bertz CT molecular complexity index is 1130. The van der Waals surface area contributed by atoms with Crippen LogP contribution in [0.15, 0.2) is 42.5 Å². The van der Waals surface area contributed by atoms with Gasteiger partial charge < -0.3 is 45.9 Å². The maximum absolute atomic E-state index is 12.6. The Kier molecular flexibility index (Phi) is 16.4. The summed E-state index contributed by atoms with van der Waals surface area (Å²) in [6, 6.07) is 7.87. The van der Waals surface area contributed by atoms with E-state index in [9.17, 15) is 24.0 Å². The molecule has 6 N–H and O–H groups in total. The molecular formula is C32H47N5O9. The third kappa shape index (κ3) is 14.7. The number of fused-ring (bicyclic) bond motifs is 1. The first kappa shape index (κ1) is 36.3. The van der Waals surface area contributed by atoms with Gasteiger partial charge in [0.05, 0.1) is 39.6 Å². The van der Waals surface area contributed by atoms with Gasteiger partial charge in [-0.3, -0.25) is 14.4 Å². The highest BCUT2D eigenvalue weighted by Gasteiger charge is 2.49. The molecule has 0 aromatic heterocycles. The van der Waals surface area contributed by atoms with E-state index in [1.54, 1.807) is 24.3 Å². The first-order valence-electron chi connectivity index (χ1n) is 15.8. The summed E-state index contributed by atoms with van der Waals surface area (Å²) in [6.07, 6.45) is 7.59. The summed E-state index contributed by atoms with van der Waals surface area (Å²) < 4.78 is 21.4. The van der Waals surface area contributed by atoms with E-state index in [4.69, 9.17) is 24.7 Å². The van der Waals surface area contributed by atoms with Crippen LogP contribution in [0.2, 0.25) is 0 Å². The Hall–Kier alpha value is -4.17. The third-order valence-electron chi connectivity index (χ3n) is 7.80. The number of primary amides is 1. The van der Waals surface area contributed by atoms with E-state index < -0.39 is 35.9 Å². The highest BCUT2D eigenvalue weighted by molar-refractivity contribution is 5.89. The van der Waals surface area contributed by atoms with E-state index in [1.165, 1.54) is 12.8 Å². The van der Waals surface area contributed by atoms with Gasteiger partial charge in [-0.1, -0.05) is 42.5 Å². The second-order valence-corrected chi connectivity index (χ2v) is 11.2. The monoisotopic (exact) mass is 645 g/mol. The van der Waals surface area contributed by atoms with Gasteiger partial charge in [0, 0.05) is 19.5 Å². The molecule has 0 heterocycles. The van der Waals surface area contributed by atoms with Crippen molar-refractivity contribution in [1.82, 2.24) is 21.3 Å². The Morgan fingerprint density at radius 3 is 2.11 bits per heavy atom. The SMILES string of the molecule is NC(=O)CCC(NC(=O)OCc1ccccc1)C(=O)NCC(=O)NCCOCCOCCNC(=O)OCC1[C@H]2CCC=CCC[C@@H]12. The van der Waals surface area contributed by atoms with Crippen LogP contribution < -0.4 is 27.0 Å². The minimum atomic E-state index is -1.12. The number of alkyl carbamates (subject to hydrolysis) is 2. The molecule has 0 bridgehead atoms. The normalized spacial score (nSPS) is 18.9. The molecular weight excluding hydrogens is 598 g/mol. The highest BCUT2D eigenvalue weighted by atomic mass is 16.6. The second-order valence-electron chi connectivity index (χ2n) is 11.2. The molecule has 0 spiro atoms. The number of hydrogen-bond acceptors (Lipinski definition) is 9. The standard InChI is InChI=1S/C32H47N5O9/c33-28(38)13-12-27(37-32(42)45-21-23-8-4-3-5-9-23)30(40)36-20-29(39)34-14-16-43-18-19-44-17-15-35-31(41)46-22-26-24-10-6-1-2-7-11-25(24)26/h1-5,8-9,24-27H,6-7,10-22H2,(H2,33,38)(H,34,39)(H,35,41)(H,36,40)(H,37,42)/t24-,25+,26?,27?. The lowest BCUT2D eigenvalue weighted by atomic mass is 10.1. The largest absolute Gasteiger partial charge is 0.449 e. The maximum atomic E-state index is 12.6. The molecule has 254 valence electrons. The number of allylic oxidation sites excluding steroid dienone is 2. The molecule has 4 atom stereocenters. The number of nitrogens with two attached hydrogens (primary N) is 1. The number of ether oxygens (including phenoxy) is 4. The molecule has 1 fully saturated rings. The molecule has 1 saturated carbocycles. The molecule has 14 nitrogen and oxygen atoms in total. The Labute approximate surface area is 269 Å². The van der Waals surface area contributed by atoms with Crippen LogP contribution in [0.25, 0.3) is 0 Å². The topological polar surface area (TPSA) is 196 Å².